The summed E-state index contributed by atoms with van der Waals surface area (Å²) >= 11 is 0. The summed E-state index contributed by atoms with van der Waals surface area (Å²) in [6, 6.07) is 4.95. The van der Waals surface area contributed by atoms with Crippen molar-refractivity contribution in [1.82, 2.24) is 0 Å². The molecule has 1 aliphatic rings. The molecule has 4 nitrogen and oxygen atoms in total. The molecule has 2 rings (SSSR count). The van der Waals surface area contributed by atoms with E-state index in [4.69, 9.17) is 16.2 Å². The van der Waals surface area contributed by atoms with Gasteiger partial charge in [0.2, 0.25) is 0 Å². The zero-order valence-electron chi connectivity index (χ0n) is 10.5. The molecule has 98 valence electrons. The number of rotatable bonds is 4. The largest absolute Gasteiger partial charge is 0.492 e. The molecule has 0 unspecified atom stereocenters. The number of nitrogen functional groups attached to an aromatic ring is 1. The van der Waals surface area contributed by atoms with Crippen LogP contribution in [0.2, 0.25) is 0 Å². The average Bonchev–Trinajstić information content (AvgIpc) is 2.37. The summed E-state index contributed by atoms with van der Waals surface area (Å²) in [6.45, 7) is 0.643. The van der Waals surface area contributed by atoms with Crippen molar-refractivity contribution in [3.05, 3.63) is 23.8 Å². The van der Waals surface area contributed by atoms with Crippen molar-refractivity contribution in [3.63, 3.8) is 0 Å². The molecule has 18 heavy (non-hydrogen) atoms. The highest BCUT2D eigenvalue weighted by Crippen LogP contribution is 2.26. The van der Waals surface area contributed by atoms with Crippen LogP contribution in [0.1, 0.15) is 42.5 Å². The minimum Gasteiger partial charge on any atom is -0.492 e. The van der Waals surface area contributed by atoms with Crippen LogP contribution in [-0.2, 0) is 0 Å². The van der Waals surface area contributed by atoms with Crippen LogP contribution < -0.4 is 16.2 Å². The van der Waals surface area contributed by atoms with E-state index in [0.29, 0.717) is 29.5 Å². The Morgan fingerprint density at radius 1 is 1.28 bits per heavy atom. The lowest BCUT2D eigenvalue weighted by molar-refractivity contribution is 0.0994. The van der Waals surface area contributed by atoms with Crippen LogP contribution in [0, 0.1) is 5.92 Å². The van der Waals surface area contributed by atoms with E-state index in [1.54, 1.807) is 18.2 Å². The third-order valence-corrected chi connectivity index (χ3v) is 3.47. The Morgan fingerprint density at radius 2 is 2.00 bits per heavy atom. The van der Waals surface area contributed by atoms with Crippen LogP contribution in [0.15, 0.2) is 18.2 Å². The molecule has 4 N–H and O–H groups in total. The quantitative estimate of drug-likeness (QED) is 0.803. The molecule has 0 bridgehead atoms. The molecule has 1 aromatic carbocycles. The number of amides is 1. The molecule has 1 fully saturated rings. The van der Waals surface area contributed by atoms with Crippen molar-refractivity contribution in [3.8, 4) is 5.75 Å². The smallest absolute Gasteiger partial charge is 0.252 e. The number of primary amides is 1. The minimum absolute atomic E-state index is 0.403. The summed E-state index contributed by atoms with van der Waals surface area (Å²) in [5.41, 5.74) is 12.0. The van der Waals surface area contributed by atoms with Gasteiger partial charge in [0.15, 0.2) is 0 Å². The molecule has 0 saturated heterocycles. The summed E-state index contributed by atoms with van der Waals surface area (Å²) in [7, 11) is 0. The van der Waals surface area contributed by atoms with Gasteiger partial charge in [-0.25, -0.2) is 0 Å². The molecule has 1 saturated carbocycles. The van der Waals surface area contributed by atoms with E-state index in [0.717, 1.165) is 0 Å². The molecular formula is C14H20N2O2. The molecule has 1 amide bonds. The van der Waals surface area contributed by atoms with Gasteiger partial charge in [0.05, 0.1) is 12.2 Å². The van der Waals surface area contributed by atoms with E-state index in [2.05, 4.69) is 0 Å². The third-order valence-electron chi connectivity index (χ3n) is 3.47. The van der Waals surface area contributed by atoms with Gasteiger partial charge in [-0.15, -0.1) is 0 Å². The van der Waals surface area contributed by atoms with Crippen molar-refractivity contribution in [2.24, 2.45) is 11.7 Å². The minimum atomic E-state index is -0.478. The fourth-order valence-electron chi connectivity index (χ4n) is 2.42. The van der Waals surface area contributed by atoms with Crippen LogP contribution in [0.4, 0.5) is 5.69 Å². The molecule has 0 heterocycles. The van der Waals surface area contributed by atoms with Gasteiger partial charge in [0.25, 0.3) is 5.91 Å². The highest BCUT2D eigenvalue weighted by atomic mass is 16.5. The Kier molecular flexibility index (Phi) is 4.07. The van der Waals surface area contributed by atoms with Gasteiger partial charge in [-0.3, -0.25) is 4.79 Å². The number of ether oxygens (including phenoxy) is 1. The molecule has 0 radical (unpaired) electrons. The van der Waals surface area contributed by atoms with Gasteiger partial charge in [-0.05, 0) is 30.9 Å². The fourth-order valence-corrected chi connectivity index (χ4v) is 2.42. The first-order chi connectivity index (χ1) is 8.66. The van der Waals surface area contributed by atoms with Crippen molar-refractivity contribution >= 4 is 11.6 Å². The summed E-state index contributed by atoms with van der Waals surface area (Å²) in [6.07, 6.45) is 6.27. The molecule has 1 aromatic rings. The lowest BCUT2D eigenvalue weighted by Gasteiger charge is -2.22. The second kappa shape index (κ2) is 5.76. The molecule has 4 heteroatoms. The average molecular weight is 248 g/mol. The maximum atomic E-state index is 11.3. The van der Waals surface area contributed by atoms with Gasteiger partial charge in [-0.2, -0.15) is 0 Å². The van der Waals surface area contributed by atoms with Crippen molar-refractivity contribution in [1.29, 1.82) is 0 Å². The Hall–Kier alpha value is -1.71. The van der Waals surface area contributed by atoms with Crippen molar-refractivity contribution in [2.75, 3.05) is 12.3 Å². The highest BCUT2D eigenvalue weighted by molar-refractivity contribution is 5.96. The molecule has 0 atom stereocenters. The van der Waals surface area contributed by atoms with Crippen LogP contribution in [0.3, 0.4) is 0 Å². The third kappa shape index (κ3) is 3.15. The SMILES string of the molecule is NC(=O)c1ccc(N)cc1OCC1CCCCC1. The van der Waals surface area contributed by atoms with Crippen molar-refractivity contribution < 1.29 is 9.53 Å². The molecule has 0 aromatic heterocycles. The summed E-state index contributed by atoms with van der Waals surface area (Å²) < 4.78 is 5.74. The van der Waals surface area contributed by atoms with Gasteiger partial charge >= 0.3 is 0 Å². The normalized spacial score (nSPS) is 16.4. The van der Waals surface area contributed by atoms with Gasteiger partial charge in [0.1, 0.15) is 5.75 Å². The van der Waals surface area contributed by atoms with Crippen LogP contribution >= 0.6 is 0 Å². The monoisotopic (exact) mass is 248 g/mol. The maximum absolute atomic E-state index is 11.3. The lowest BCUT2D eigenvalue weighted by atomic mass is 9.90. The van der Waals surface area contributed by atoms with E-state index in [1.807, 2.05) is 0 Å². The molecule has 1 aliphatic carbocycles. The first-order valence-corrected chi connectivity index (χ1v) is 6.49. The van der Waals surface area contributed by atoms with E-state index in [-0.39, 0.29) is 0 Å². The lowest BCUT2D eigenvalue weighted by Crippen LogP contribution is -2.18. The maximum Gasteiger partial charge on any atom is 0.252 e. The predicted octanol–water partition coefficient (Wildman–Crippen LogP) is 2.33. The Bertz CT molecular complexity index is 426. The van der Waals surface area contributed by atoms with Gasteiger partial charge in [-0.1, -0.05) is 19.3 Å². The zero-order valence-corrected chi connectivity index (χ0v) is 10.5. The van der Waals surface area contributed by atoms with Crippen LogP contribution in [0.5, 0.6) is 5.75 Å². The van der Waals surface area contributed by atoms with E-state index in [9.17, 15) is 4.79 Å². The number of hydrogen-bond donors (Lipinski definition) is 2. The van der Waals surface area contributed by atoms with Crippen LogP contribution in [0.25, 0.3) is 0 Å². The topological polar surface area (TPSA) is 78.3 Å². The first-order valence-electron chi connectivity index (χ1n) is 6.49. The number of nitrogens with two attached hydrogens (primary N) is 2. The number of carbonyl (C=O) groups excluding carboxylic acids is 1. The summed E-state index contributed by atoms with van der Waals surface area (Å²) in [5, 5.41) is 0. The highest BCUT2D eigenvalue weighted by Gasteiger charge is 2.16. The fraction of sp³-hybridized carbons (Fsp3) is 0.500. The predicted molar refractivity (Wildman–Crippen MR) is 71.4 cm³/mol. The number of benzene rings is 1. The Labute approximate surface area is 107 Å². The summed E-state index contributed by atoms with van der Waals surface area (Å²) in [5.74, 6) is 0.614. The number of anilines is 1. The second-order valence-corrected chi connectivity index (χ2v) is 4.93. The summed E-state index contributed by atoms with van der Waals surface area (Å²) in [4.78, 5) is 11.3. The van der Waals surface area contributed by atoms with Crippen LogP contribution in [-0.4, -0.2) is 12.5 Å². The standard InChI is InChI=1S/C14H20N2O2/c15-11-6-7-12(14(16)17)13(8-11)18-9-10-4-2-1-3-5-10/h6-8,10H,1-5,9,15H2,(H2,16,17). The number of carbonyl (C=O) groups is 1. The molecule has 0 spiro atoms. The second-order valence-electron chi connectivity index (χ2n) is 4.93. The Balaban J connectivity index is 2.03. The van der Waals surface area contributed by atoms with Gasteiger partial charge < -0.3 is 16.2 Å². The molecular weight excluding hydrogens is 228 g/mol. The van der Waals surface area contributed by atoms with Crippen molar-refractivity contribution in [2.45, 2.75) is 32.1 Å². The number of hydrogen-bond acceptors (Lipinski definition) is 3. The Morgan fingerprint density at radius 3 is 2.67 bits per heavy atom. The first kappa shape index (κ1) is 12.7. The van der Waals surface area contributed by atoms with E-state index in [1.165, 1.54) is 32.1 Å². The van der Waals surface area contributed by atoms with Gasteiger partial charge in [0, 0.05) is 11.8 Å². The van der Waals surface area contributed by atoms with E-state index < -0.39 is 5.91 Å². The zero-order chi connectivity index (χ0) is 13.0. The molecule has 0 aliphatic heterocycles. The van der Waals surface area contributed by atoms with E-state index >= 15 is 0 Å².